The van der Waals surface area contributed by atoms with Gasteiger partial charge in [0, 0.05) is 37.9 Å². The predicted molar refractivity (Wildman–Crippen MR) is 87.9 cm³/mol. The van der Waals surface area contributed by atoms with Crippen LogP contribution in [0.2, 0.25) is 0 Å². The van der Waals surface area contributed by atoms with Gasteiger partial charge in [0.1, 0.15) is 0 Å². The van der Waals surface area contributed by atoms with Crippen molar-refractivity contribution >= 4 is 0 Å². The Labute approximate surface area is 136 Å². The molecule has 0 spiro atoms. The number of aryl methyl sites for hydroxylation is 1. The van der Waals surface area contributed by atoms with Gasteiger partial charge < -0.3 is 10.1 Å². The summed E-state index contributed by atoms with van der Waals surface area (Å²) in [7, 11) is 1.94. The number of nitrogens with zero attached hydrogens (tertiary/aromatic N) is 2. The van der Waals surface area contributed by atoms with E-state index in [9.17, 15) is 4.39 Å². The Kier molecular flexibility index (Phi) is 4.96. The lowest BCUT2D eigenvalue weighted by Gasteiger charge is -2.15. The molecular weight excluding hydrogens is 293 g/mol. The maximum Gasteiger partial charge on any atom is 0.165 e. The third kappa shape index (κ3) is 4.32. The molecule has 23 heavy (non-hydrogen) atoms. The first kappa shape index (κ1) is 16.0. The minimum Gasteiger partial charge on any atom is -0.490 e. The standard InChI is InChI=1S/C18H24FN3O/c1-13(20-9-7-16-8-10-21-22(16)2)15-5-6-18(17(19)11-15)23-12-14-3-4-14/h5-6,8,10-11,13-14,20H,3-4,7,9,12H2,1-2H3. The second-order valence-electron chi connectivity index (χ2n) is 6.32. The average Bonchev–Trinajstić information content (AvgIpc) is 3.28. The van der Waals surface area contributed by atoms with Gasteiger partial charge in [-0.25, -0.2) is 4.39 Å². The highest BCUT2D eigenvalue weighted by atomic mass is 19.1. The van der Waals surface area contributed by atoms with Crippen LogP contribution in [0.1, 0.15) is 37.1 Å². The van der Waals surface area contributed by atoms with E-state index in [4.69, 9.17) is 4.74 Å². The van der Waals surface area contributed by atoms with Gasteiger partial charge in [0.15, 0.2) is 11.6 Å². The third-order valence-electron chi connectivity index (χ3n) is 4.38. The molecule has 4 nitrogen and oxygen atoms in total. The Bertz CT molecular complexity index is 651. The molecule has 1 N–H and O–H groups in total. The smallest absolute Gasteiger partial charge is 0.165 e. The number of aromatic nitrogens is 2. The molecule has 124 valence electrons. The van der Waals surface area contributed by atoms with Gasteiger partial charge in [0.2, 0.25) is 0 Å². The van der Waals surface area contributed by atoms with Gasteiger partial charge in [-0.15, -0.1) is 0 Å². The van der Waals surface area contributed by atoms with Crippen LogP contribution in [0, 0.1) is 11.7 Å². The summed E-state index contributed by atoms with van der Waals surface area (Å²) in [6.45, 7) is 3.50. The van der Waals surface area contributed by atoms with Gasteiger partial charge in [-0.3, -0.25) is 4.68 Å². The van der Waals surface area contributed by atoms with Crippen LogP contribution in [0.5, 0.6) is 5.75 Å². The van der Waals surface area contributed by atoms with Crippen molar-refractivity contribution in [1.29, 1.82) is 0 Å². The van der Waals surface area contributed by atoms with Crippen molar-refractivity contribution in [2.24, 2.45) is 13.0 Å². The molecule has 1 aliphatic rings. The molecule has 0 aliphatic heterocycles. The maximum absolute atomic E-state index is 14.1. The molecule has 0 radical (unpaired) electrons. The lowest BCUT2D eigenvalue weighted by molar-refractivity contribution is 0.285. The Morgan fingerprint density at radius 2 is 2.22 bits per heavy atom. The predicted octanol–water partition coefficient (Wildman–Crippen LogP) is 3.24. The zero-order chi connectivity index (χ0) is 16.2. The second-order valence-corrected chi connectivity index (χ2v) is 6.32. The molecule has 1 aliphatic carbocycles. The van der Waals surface area contributed by atoms with E-state index in [0.29, 0.717) is 18.3 Å². The molecule has 5 heteroatoms. The van der Waals surface area contributed by atoms with Crippen LogP contribution in [-0.4, -0.2) is 22.9 Å². The summed E-state index contributed by atoms with van der Waals surface area (Å²) >= 11 is 0. The van der Waals surface area contributed by atoms with Gasteiger partial charge in [0.05, 0.1) is 6.61 Å². The van der Waals surface area contributed by atoms with Crippen molar-refractivity contribution in [3.05, 3.63) is 47.5 Å². The molecule has 1 atom stereocenters. The van der Waals surface area contributed by atoms with E-state index in [-0.39, 0.29) is 11.9 Å². The maximum atomic E-state index is 14.1. The highest BCUT2D eigenvalue weighted by Crippen LogP contribution is 2.30. The summed E-state index contributed by atoms with van der Waals surface area (Å²) in [5.41, 5.74) is 2.12. The lowest BCUT2D eigenvalue weighted by Crippen LogP contribution is -2.22. The van der Waals surface area contributed by atoms with Gasteiger partial charge >= 0.3 is 0 Å². The molecule has 1 heterocycles. The largest absolute Gasteiger partial charge is 0.490 e. The molecule has 1 aromatic heterocycles. The van der Waals surface area contributed by atoms with E-state index < -0.39 is 0 Å². The van der Waals surface area contributed by atoms with Gasteiger partial charge in [-0.05, 0) is 49.4 Å². The van der Waals surface area contributed by atoms with Crippen LogP contribution < -0.4 is 10.1 Å². The fraction of sp³-hybridized carbons (Fsp3) is 0.500. The number of hydrogen-bond donors (Lipinski definition) is 1. The Balaban J connectivity index is 1.51. The highest BCUT2D eigenvalue weighted by Gasteiger charge is 2.22. The summed E-state index contributed by atoms with van der Waals surface area (Å²) in [6, 6.07) is 7.36. The van der Waals surface area contributed by atoms with Crippen molar-refractivity contribution in [3.8, 4) is 5.75 Å². The van der Waals surface area contributed by atoms with Gasteiger partial charge in [-0.2, -0.15) is 5.10 Å². The van der Waals surface area contributed by atoms with E-state index in [1.165, 1.54) is 18.5 Å². The quantitative estimate of drug-likeness (QED) is 0.812. The van der Waals surface area contributed by atoms with Crippen molar-refractivity contribution < 1.29 is 9.13 Å². The molecule has 1 fully saturated rings. The monoisotopic (exact) mass is 317 g/mol. The first-order valence-electron chi connectivity index (χ1n) is 8.26. The number of rotatable bonds is 8. The molecule has 0 amide bonds. The topological polar surface area (TPSA) is 39.1 Å². The van der Waals surface area contributed by atoms with Crippen LogP contribution in [-0.2, 0) is 13.5 Å². The number of halogens is 1. The van der Waals surface area contributed by atoms with Crippen LogP contribution in [0.3, 0.4) is 0 Å². The summed E-state index contributed by atoms with van der Waals surface area (Å²) in [6.07, 6.45) is 5.11. The summed E-state index contributed by atoms with van der Waals surface area (Å²) in [5.74, 6) is 0.716. The van der Waals surface area contributed by atoms with Crippen molar-refractivity contribution in [2.45, 2.75) is 32.2 Å². The van der Waals surface area contributed by atoms with Crippen LogP contribution >= 0.6 is 0 Å². The first-order valence-corrected chi connectivity index (χ1v) is 8.26. The molecule has 1 saturated carbocycles. The van der Waals surface area contributed by atoms with E-state index in [2.05, 4.69) is 10.4 Å². The van der Waals surface area contributed by atoms with E-state index >= 15 is 0 Å². The minimum atomic E-state index is -0.275. The van der Waals surface area contributed by atoms with Gasteiger partial charge in [0.25, 0.3) is 0 Å². The van der Waals surface area contributed by atoms with E-state index in [1.54, 1.807) is 18.3 Å². The Hall–Kier alpha value is -1.88. The highest BCUT2D eigenvalue weighted by molar-refractivity contribution is 5.31. The summed E-state index contributed by atoms with van der Waals surface area (Å²) < 4.78 is 21.5. The SMILES string of the molecule is CC(NCCc1ccnn1C)c1ccc(OCC2CC2)c(F)c1. The zero-order valence-electron chi connectivity index (χ0n) is 13.8. The fourth-order valence-corrected chi connectivity index (χ4v) is 2.58. The second kappa shape index (κ2) is 7.13. The van der Waals surface area contributed by atoms with Crippen molar-refractivity contribution in [1.82, 2.24) is 15.1 Å². The van der Waals surface area contributed by atoms with Crippen molar-refractivity contribution in [3.63, 3.8) is 0 Å². The van der Waals surface area contributed by atoms with Gasteiger partial charge in [-0.1, -0.05) is 6.07 Å². The fourth-order valence-electron chi connectivity index (χ4n) is 2.58. The van der Waals surface area contributed by atoms with E-state index in [1.807, 2.05) is 30.8 Å². The molecular formula is C18H24FN3O. The number of hydrogen-bond acceptors (Lipinski definition) is 3. The minimum absolute atomic E-state index is 0.0928. The van der Waals surface area contributed by atoms with Crippen molar-refractivity contribution in [2.75, 3.05) is 13.2 Å². The van der Waals surface area contributed by atoms with E-state index in [0.717, 1.165) is 18.5 Å². The summed E-state index contributed by atoms with van der Waals surface area (Å²) in [5, 5.41) is 7.58. The molecule has 1 aromatic carbocycles. The molecule has 3 rings (SSSR count). The number of benzene rings is 1. The van der Waals surface area contributed by atoms with Crippen LogP contribution in [0.25, 0.3) is 0 Å². The van der Waals surface area contributed by atoms with Crippen LogP contribution in [0.15, 0.2) is 30.5 Å². The van der Waals surface area contributed by atoms with Crippen LogP contribution in [0.4, 0.5) is 4.39 Å². The average molecular weight is 317 g/mol. The number of nitrogens with one attached hydrogen (secondary N) is 1. The number of ether oxygens (including phenoxy) is 1. The third-order valence-corrected chi connectivity index (χ3v) is 4.38. The Morgan fingerprint density at radius 3 is 2.87 bits per heavy atom. The Morgan fingerprint density at radius 1 is 1.39 bits per heavy atom. The first-order chi connectivity index (χ1) is 11.1. The molecule has 1 unspecified atom stereocenters. The summed E-state index contributed by atoms with van der Waals surface area (Å²) in [4.78, 5) is 0. The lowest BCUT2D eigenvalue weighted by atomic mass is 10.1. The molecule has 0 saturated heterocycles. The zero-order valence-corrected chi connectivity index (χ0v) is 13.8. The molecule has 2 aromatic rings. The molecule has 0 bridgehead atoms. The normalized spacial score (nSPS) is 15.6.